The summed E-state index contributed by atoms with van der Waals surface area (Å²) < 4.78 is 12.1. The summed E-state index contributed by atoms with van der Waals surface area (Å²) in [5.41, 5.74) is 0.435. The SMILES string of the molecule is COc1ccc(CC(C(=O)O)N(CCCNC(=O)OC(C)(C)C)C(=O)C[n+]2ccc(SCC3=C(C(=O)O)N4C(=O)[C@H](NC(=O)CSc5cc(Cl)ccc5Cl)[C@H]4SC3)cc2)cc1. The van der Waals surface area contributed by atoms with Crippen molar-refractivity contribution in [2.24, 2.45) is 0 Å². The number of thioether (sulfide) groups is 3. The molecule has 1 aromatic heterocycles. The van der Waals surface area contributed by atoms with E-state index in [4.69, 9.17) is 32.7 Å². The highest BCUT2D eigenvalue weighted by molar-refractivity contribution is 8.01. The maximum absolute atomic E-state index is 13.8. The van der Waals surface area contributed by atoms with Crippen LogP contribution in [-0.2, 0) is 41.7 Å². The summed E-state index contributed by atoms with van der Waals surface area (Å²) in [5, 5.41) is 26.2. The van der Waals surface area contributed by atoms with Gasteiger partial charge in [0.2, 0.25) is 12.5 Å². The van der Waals surface area contributed by atoms with Crippen LogP contribution in [0.25, 0.3) is 0 Å². The number of methoxy groups -OCH3 is 1. The lowest BCUT2D eigenvalue weighted by molar-refractivity contribution is -0.685. The molecule has 3 aromatic rings. The van der Waals surface area contributed by atoms with E-state index in [0.717, 1.165) is 4.90 Å². The van der Waals surface area contributed by atoms with E-state index in [1.165, 1.54) is 52.2 Å². The van der Waals surface area contributed by atoms with Gasteiger partial charge in [0.1, 0.15) is 34.5 Å². The third kappa shape index (κ3) is 13.2. The van der Waals surface area contributed by atoms with Crippen molar-refractivity contribution in [1.29, 1.82) is 0 Å². The molecule has 3 atom stereocenters. The topological polar surface area (TPSA) is 196 Å². The highest BCUT2D eigenvalue weighted by atomic mass is 35.5. The Morgan fingerprint density at radius 2 is 1.74 bits per heavy atom. The number of carbonyl (C=O) groups excluding carboxylic acids is 4. The number of hydrogen-bond acceptors (Lipinski definition) is 11. The van der Waals surface area contributed by atoms with Crippen LogP contribution >= 0.6 is 58.5 Å². The number of fused-ring (bicyclic) bond motifs is 1. The molecule has 0 bridgehead atoms. The number of aromatic nitrogens is 1. The largest absolute Gasteiger partial charge is 0.497 e. The number of carboxylic acid groups (broad SMARTS) is 2. The number of nitrogens with one attached hydrogen (secondary N) is 2. The van der Waals surface area contributed by atoms with E-state index in [-0.39, 0.29) is 49.7 Å². The molecule has 4 amide bonds. The van der Waals surface area contributed by atoms with Gasteiger partial charge in [-0.3, -0.25) is 19.3 Å². The number of rotatable bonds is 19. The van der Waals surface area contributed by atoms with Gasteiger partial charge in [0, 0.05) is 58.0 Å². The van der Waals surface area contributed by atoms with E-state index >= 15 is 0 Å². The third-order valence-corrected chi connectivity index (χ3v) is 13.4. The maximum Gasteiger partial charge on any atom is 0.407 e. The van der Waals surface area contributed by atoms with Crippen LogP contribution < -0.4 is 19.9 Å². The van der Waals surface area contributed by atoms with Crippen molar-refractivity contribution in [3.63, 3.8) is 0 Å². The summed E-state index contributed by atoms with van der Waals surface area (Å²) >= 11 is 16.1. The second kappa shape index (κ2) is 21.4. The minimum absolute atomic E-state index is 0.0171. The lowest BCUT2D eigenvalue weighted by Crippen LogP contribution is -2.70. The molecular formula is C41H46Cl2N5O10S3+. The summed E-state index contributed by atoms with van der Waals surface area (Å²) in [5.74, 6) is -2.61. The van der Waals surface area contributed by atoms with Gasteiger partial charge in [0.05, 0.1) is 17.9 Å². The molecule has 0 radical (unpaired) electrons. The fourth-order valence-electron chi connectivity index (χ4n) is 6.33. The number of aliphatic carboxylic acids is 2. The molecule has 0 saturated carbocycles. The van der Waals surface area contributed by atoms with Gasteiger partial charge in [-0.05, 0) is 68.7 Å². The predicted octanol–water partition coefficient (Wildman–Crippen LogP) is 5.35. The van der Waals surface area contributed by atoms with E-state index in [9.17, 15) is 39.0 Å². The molecule has 20 heteroatoms. The Morgan fingerprint density at radius 1 is 1.03 bits per heavy atom. The normalized spacial score (nSPS) is 16.5. The van der Waals surface area contributed by atoms with Gasteiger partial charge in [-0.1, -0.05) is 35.3 Å². The molecule has 5 rings (SSSR count). The van der Waals surface area contributed by atoms with Crippen LogP contribution in [0.2, 0.25) is 10.0 Å². The number of pyridine rings is 1. The number of carbonyl (C=O) groups is 6. The number of carboxylic acids is 2. The van der Waals surface area contributed by atoms with Crippen molar-refractivity contribution in [2.45, 2.75) is 73.0 Å². The van der Waals surface area contributed by atoms with E-state index in [0.29, 0.717) is 37.6 Å². The first-order valence-electron chi connectivity index (χ1n) is 18.9. The maximum atomic E-state index is 13.8. The Hall–Kier alpha value is -4.62. The second-order valence-corrected chi connectivity index (χ2v) is 18.9. The molecule has 1 fully saturated rings. The van der Waals surface area contributed by atoms with E-state index in [2.05, 4.69) is 10.6 Å². The monoisotopic (exact) mass is 934 g/mol. The standard InChI is InChI=1S/C41H45Cl2N5O10S3/c1-41(2,3)58-40(56)44-14-5-15-47(30(38(52)53)18-24-6-9-27(57-4)10-7-24)33(50)20-46-16-12-28(13-17-46)59-21-25-22-61-37-34(36(51)48(37)35(25)39(54)55)45-32(49)23-60-31-19-26(42)8-11-29(31)43/h6-13,16-17,19,30,34,37H,5,14-15,18,20-23H2,1-4H3,(H3-,44,45,49,52,53,54,55,56)/p+1/t30?,34-,37+/m0/s1. The molecule has 0 aliphatic carbocycles. The number of amides is 4. The van der Waals surface area contributed by atoms with Gasteiger partial charge >= 0.3 is 18.0 Å². The molecule has 326 valence electrons. The van der Waals surface area contributed by atoms with E-state index in [1.807, 2.05) is 0 Å². The molecule has 4 N–H and O–H groups in total. The first kappa shape index (κ1) is 47.4. The molecule has 61 heavy (non-hydrogen) atoms. The first-order valence-corrected chi connectivity index (χ1v) is 22.7. The second-order valence-electron chi connectivity index (χ2n) is 14.8. The van der Waals surface area contributed by atoms with Crippen molar-refractivity contribution in [3.05, 3.63) is 93.9 Å². The molecule has 3 heterocycles. The van der Waals surface area contributed by atoms with Crippen LogP contribution in [0.1, 0.15) is 32.8 Å². The van der Waals surface area contributed by atoms with Crippen molar-refractivity contribution in [1.82, 2.24) is 20.4 Å². The van der Waals surface area contributed by atoms with Gasteiger partial charge < -0.3 is 35.2 Å². The van der Waals surface area contributed by atoms with Gasteiger partial charge in [0.15, 0.2) is 12.4 Å². The number of ether oxygens (including phenoxy) is 2. The molecule has 2 aliphatic rings. The molecule has 1 unspecified atom stereocenters. The molecule has 2 aromatic carbocycles. The van der Waals surface area contributed by atoms with Crippen molar-refractivity contribution in [3.8, 4) is 5.75 Å². The Labute approximate surface area is 375 Å². The molecule has 2 aliphatic heterocycles. The van der Waals surface area contributed by atoms with Crippen molar-refractivity contribution in [2.75, 3.05) is 37.5 Å². The predicted molar refractivity (Wildman–Crippen MR) is 233 cm³/mol. The summed E-state index contributed by atoms with van der Waals surface area (Å²) in [6.07, 6.45) is 3.03. The van der Waals surface area contributed by atoms with Crippen LogP contribution in [-0.4, -0.2) is 116 Å². The van der Waals surface area contributed by atoms with Gasteiger partial charge in [-0.2, -0.15) is 4.57 Å². The molecule has 0 spiro atoms. The third-order valence-electron chi connectivity index (χ3n) is 9.22. The Bertz CT molecular complexity index is 2150. The van der Waals surface area contributed by atoms with Gasteiger partial charge in [0.25, 0.3) is 11.8 Å². The average molecular weight is 936 g/mol. The quantitative estimate of drug-likeness (QED) is 0.0521. The summed E-state index contributed by atoms with van der Waals surface area (Å²) in [6, 6.07) is 13.3. The van der Waals surface area contributed by atoms with Crippen LogP contribution in [0.5, 0.6) is 5.75 Å². The molecule has 15 nitrogen and oxygen atoms in total. The lowest BCUT2D eigenvalue weighted by Gasteiger charge is -2.49. The summed E-state index contributed by atoms with van der Waals surface area (Å²) in [4.78, 5) is 81.0. The number of benzene rings is 2. The van der Waals surface area contributed by atoms with Gasteiger partial charge in [-0.15, -0.1) is 35.3 Å². The highest BCUT2D eigenvalue weighted by Gasteiger charge is 2.54. The van der Waals surface area contributed by atoms with E-state index in [1.54, 1.807) is 92.3 Å². The minimum atomic E-state index is -1.24. The Morgan fingerprint density at radius 3 is 2.38 bits per heavy atom. The Kier molecular flexibility index (Phi) is 16.7. The van der Waals surface area contributed by atoms with Crippen LogP contribution in [0.3, 0.4) is 0 Å². The Balaban J connectivity index is 1.20. The van der Waals surface area contributed by atoms with Gasteiger partial charge in [-0.25, -0.2) is 14.4 Å². The van der Waals surface area contributed by atoms with Crippen LogP contribution in [0.15, 0.2) is 88.1 Å². The smallest absolute Gasteiger partial charge is 0.407 e. The first-order chi connectivity index (χ1) is 28.9. The zero-order chi connectivity index (χ0) is 44.4. The number of hydrogen-bond donors (Lipinski definition) is 4. The molecular weight excluding hydrogens is 890 g/mol. The van der Waals surface area contributed by atoms with Crippen LogP contribution in [0, 0.1) is 0 Å². The van der Waals surface area contributed by atoms with Crippen LogP contribution in [0.4, 0.5) is 4.79 Å². The lowest BCUT2D eigenvalue weighted by atomic mass is 10.0. The zero-order valence-corrected chi connectivity index (χ0v) is 37.7. The number of alkyl carbamates (subject to hydrolysis) is 1. The zero-order valence-electron chi connectivity index (χ0n) is 33.7. The van der Waals surface area contributed by atoms with E-state index < -0.39 is 58.8 Å². The van der Waals surface area contributed by atoms with Crippen molar-refractivity contribution < 1.29 is 53.0 Å². The number of β-lactam (4-membered cyclic amide) rings is 1. The number of halogens is 2. The fraction of sp³-hybridized carbons (Fsp3) is 0.390. The summed E-state index contributed by atoms with van der Waals surface area (Å²) in [7, 11) is 1.53. The number of nitrogens with zero attached hydrogens (tertiary/aromatic N) is 3. The minimum Gasteiger partial charge on any atom is -0.497 e. The summed E-state index contributed by atoms with van der Waals surface area (Å²) in [6.45, 7) is 5.23. The molecule has 1 saturated heterocycles. The average Bonchev–Trinajstić information content (AvgIpc) is 3.21. The van der Waals surface area contributed by atoms with Crippen molar-refractivity contribution >= 4 is 94.2 Å². The highest BCUT2D eigenvalue weighted by Crippen LogP contribution is 2.42. The fourth-order valence-corrected chi connectivity index (χ4v) is 10.0.